The van der Waals surface area contributed by atoms with Crippen molar-refractivity contribution in [2.75, 3.05) is 0 Å². The Bertz CT molecular complexity index is 858. The molecule has 32 heavy (non-hydrogen) atoms. The molecule has 2 aliphatic rings. The Hall–Kier alpha value is -1.89. The van der Waals surface area contributed by atoms with Gasteiger partial charge in [-0.15, -0.1) is 0 Å². The van der Waals surface area contributed by atoms with E-state index in [-0.39, 0.29) is 5.92 Å². The molecule has 1 heteroatoms. The first-order chi connectivity index (χ1) is 15.6. The van der Waals surface area contributed by atoms with Crippen LogP contribution in [0.2, 0.25) is 0 Å². The van der Waals surface area contributed by atoms with Gasteiger partial charge in [-0.25, -0.2) is 0 Å². The molecule has 1 nitrogen and oxygen atoms in total. The van der Waals surface area contributed by atoms with Crippen molar-refractivity contribution < 1.29 is 4.79 Å². The average molecular weight is 431 g/mol. The SMILES string of the molecule is Cc1cccc(C(=O)C(Cc2ccc(C3CCCCC(C)CC3)cc2)C2CCCCC2)c1. The first-order valence-electron chi connectivity index (χ1n) is 13.3. The maximum atomic E-state index is 13.6. The molecule has 0 aromatic heterocycles. The van der Waals surface area contributed by atoms with Crippen molar-refractivity contribution in [2.24, 2.45) is 17.8 Å². The van der Waals surface area contributed by atoms with Gasteiger partial charge in [0.05, 0.1) is 0 Å². The van der Waals surface area contributed by atoms with Crippen LogP contribution in [0.5, 0.6) is 0 Å². The van der Waals surface area contributed by atoms with Gasteiger partial charge in [0.25, 0.3) is 0 Å². The number of carbonyl (C=O) groups excluding carboxylic acids is 1. The highest BCUT2D eigenvalue weighted by molar-refractivity contribution is 5.98. The fraction of sp³-hybridized carbons (Fsp3) is 0.581. The fourth-order valence-corrected chi connectivity index (χ4v) is 6.19. The summed E-state index contributed by atoms with van der Waals surface area (Å²) >= 11 is 0. The Morgan fingerprint density at radius 3 is 2.31 bits per heavy atom. The normalized spacial score (nSPS) is 23.8. The maximum absolute atomic E-state index is 13.6. The predicted octanol–water partition coefficient (Wildman–Crippen LogP) is 8.69. The molecule has 0 heterocycles. The zero-order valence-electron chi connectivity index (χ0n) is 20.3. The third-order valence-corrected chi connectivity index (χ3v) is 8.27. The summed E-state index contributed by atoms with van der Waals surface area (Å²) in [5, 5.41) is 0. The first-order valence-corrected chi connectivity index (χ1v) is 13.3. The quantitative estimate of drug-likeness (QED) is 0.419. The topological polar surface area (TPSA) is 17.1 Å². The highest BCUT2D eigenvalue weighted by atomic mass is 16.1. The van der Waals surface area contributed by atoms with E-state index >= 15 is 0 Å². The van der Waals surface area contributed by atoms with Crippen LogP contribution in [0.25, 0.3) is 0 Å². The van der Waals surface area contributed by atoms with Crippen LogP contribution in [0.3, 0.4) is 0 Å². The summed E-state index contributed by atoms with van der Waals surface area (Å²) in [6, 6.07) is 17.6. The van der Waals surface area contributed by atoms with Crippen molar-refractivity contribution in [3.8, 4) is 0 Å². The van der Waals surface area contributed by atoms with E-state index in [4.69, 9.17) is 0 Å². The molecule has 2 aliphatic carbocycles. The molecule has 4 rings (SSSR count). The lowest BCUT2D eigenvalue weighted by Crippen LogP contribution is -2.28. The summed E-state index contributed by atoms with van der Waals surface area (Å²) < 4.78 is 0. The minimum Gasteiger partial charge on any atom is -0.294 e. The van der Waals surface area contributed by atoms with E-state index in [0.717, 1.165) is 23.8 Å². The summed E-state index contributed by atoms with van der Waals surface area (Å²) in [7, 11) is 0. The van der Waals surface area contributed by atoms with Gasteiger partial charge in [0.1, 0.15) is 0 Å². The summed E-state index contributed by atoms with van der Waals surface area (Å²) in [5.74, 6) is 2.60. The van der Waals surface area contributed by atoms with Crippen LogP contribution in [0, 0.1) is 24.7 Å². The summed E-state index contributed by atoms with van der Waals surface area (Å²) in [5.41, 5.74) is 4.93. The number of Topliss-reactive ketones (excluding diaryl/α,β-unsaturated/α-hetero) is 1. The van der Waals surface area contributed by atoms with E-state index in [0.29, 0.717) is 11.7 Å². The van der Waals surface area contributed by atoms with E-state index in [1.807, 2.05) is 12.1 Å². The van der Waals surface area contributed by atoms with Gasteiger partial charge < -0.3 is 0 Å². The molecule has 3 atom stereocenters. The van der Waals surface area contributed by atoms with Crippen LogP contribution in [0.15, 0.2) is 48.5 Å². The van der Waals surface area contributed by atoms with E-state index in [9.17, 15) is 4.79 Å². The molecule has 0 saturated heterocycles. The number of carbonyl (C=O) groups is 1. The van der Waals surface area contributed by atoms with Crippen molar-refractivity contribution in [1.29, 1.82) is 0 Å². The van der Waals surface area contributed by atoms with Crippen molar-refractivity contribution >= 4 is 5.78 Å². The van der Waals surface area contributed by atoms with Gasteiger partial charge in [-0.1, -0.05) is 99.9 Å². The third-order valence-electron chi connectivity index (χ3n) is 8.27. The summed E-state index contributed by atoms with van der Waals surface area (Å²) in [6.07, 6.45) is 15.4. The first kappa shape index (κ1) is 23.3. The second-order valence-corrected chi connectivity index (χ2v) is 10.8. The second kappa shape index (κ2) is 11.3. The molecule has 0 N–H and O–H groups in total. The van der Waals surface area contributed by atoms with Crippen LogP contribution in [0.1, 0.15) is 111 Å². The number of hydrogen-bond acceptors (Lipinski definition) is 1. The highest BCUT2D eigenvalue weighted by Gasteiger charge is 2.30. The van der Waals surface area contributed by atoms with Gasteiger partial charge >= 0.3 is 0 Å². The van der Waals surface area contributed by atoms with Gasteiger partial charge in [-0.2, -0.15) is 0 Å². The second-order valence-electron chi connectivity index (χ2n) is 10.8. The molecular formula is C31H42O. The minimum atomic E-state index is 0.116. The Kier molecular flexibility index (Phi) is 8.22. The minimum absolute atomic E-state index is 0.116. The monoisotopic (exact) mass is 430 g/mol. The number of aryl methyl sites for hydroxylation is 1. The molecule has 2 aromatic carbocycles. The Morgan fingerprint density at radius 2 is 1.56 bits per heavy atom. The largest absolute Gasteiger partial charge is 0.294 e. The van der Waals surface area contributed by atoms with E-state index in [1.54, 1.807) is 0 Å². The van der Waals surface area contributed by atoms with Crippen LogP contribution >= 0.6 is 0 Å². The fourth-order valence-electron chi connectivity index (χ4n) is 6.19. The molecule has 0 radical (unpaired) electrons. The van der Waals surface area contributed by atoms with Crippen LogP contribution < -0.4 is 0 Å². The number of hydrogen-bond donors (Lipinski definition) is 0. The van der Waals surface area contributed by atoms with E-state index < -0.39 is 0 Å². The van der Waals surface area contributed by atoms with E-state index in [2.05, 4.69) is 50.2 Å². The smallest absolute Gasteiger partial charge is 0.166 e. The highest BCUT2D eigenvalue weighted by Crippen LogP contribution is 2.36. The van der Waals surface area contributed by atoms with Crippen molar-refractivity contribution in [3.63, 3.8) is 0 Å². The van der Waals surface area contributed by atoms with Gasteiger partial charge in [0, 0.05) is 11.5 Å². The lowest BCUT2D eigenvalue weighted by molar-refractivity contribution is 0.0844. The standard InChI is InChI=1S/C31H42O/c1-23-9-6-7-11-26(18-15-23)27-19-16-25(17-20-27)22-30(28-12-4-3-5-13-28)31(32)29-14-8-10-24(2)21-29/h8,10,14,16-17,19-21,23,26,28,30H,3-7,9,11-13,15,18,22H2,1-2H3. The molecular weight excluding hydrogens is 388 g/mol. The Morgan fingerprint density at radius 1 is 0.844 bits per heavy atom. The number of benzene rings is 2. The zero-order valence-corrected chi connectivity index (χ0v) is 20.3. The summed E-state index contributed by atoms with van der Waals surface area (Å²) in [4.78, 5) is 13.6. The van der Waals surface area contributed by atoms with Crippen LogP contribution in [-0.4, -0.2) is 5.78 Å². The van der Waals surface area contributed by atoms with E-state index in [1.165, 1.54) is 87.3 Å². The Balaban J connectivity index is 1.49. The van der Waals surface area contributed by atoms with Gasteiger partial charge in [0.15, 0.2) is 5.78 Å². The molecule has 3 unspecified atom stereocenters. The van der Waals surface area contributed by atoms with Crippen LogP contribution in [-0.2, 0) is 6.42 Å². The lowest BCUT2D eigenvalue weighted by Gasteiger charge is -2.30. The summed E-state index contributed by atoms with van der Waals surface area (Å²) in [6.45, 7) is 4.50. The molecule has 0 amide bonds. The predicted molar refractivity (Wildman–Crippen MR) is 135 cm³/mol. The Labute approximate surface area is 196 Å². The molecule has 0 aliphatic heterocycles. The third kappa shape index (κ3) is 6.12. The van der Waals surface area contributed by atoms with Gasteiger partial charge in [-0.05, 0) is 74.0 Å². The zero-order chi connectivity index (χ0) is 22.3. The maximum Gasteiger partial charge on any atom is 0.166 e. The molecule has 0 bridgehead atoms. The molecule has 2 fully saturated rings. The molecule has 172 valence electrons. The number of rotatable bonds is 6. The van der Waals surface area contributed by atoms with Crippen molar-refractivity contribution in [3.05, 3.63) is 70.8 Å². The van der Waals surface area contributed by atoms with Crippen molar-refractivity contribution in [2.45, 2.75) is 96.8 Å². The average Bonchev–Trinajstić information content (AvgIpc) is 2.81. The lowest BCUT2D eigenvalue weighted by atomic mass is 9.74. The van der Waals surface area contributed by atoms with Crippen molar-refractivity contribution in [1.82, 2.24) is 0 Å². The van der Waals surface area contributed by atoms with Gasteiger partial charge in [0.2, 0.25) is 0 Å². The molecule has 0 spiro atoms. The van der Waals surface area contributed by atoms with Gasteiger partial charge in [-0.3, -0.25) is 4.79 Å². The molecule has 2 aromatic rings. The number of ketones is 1. The van der Waals surface area contributed by atoms with Crippen LogP contribution in [0.4, 0.5) is 0 Å². The molecule has 2 saturated carbocycles.